The Hall–Kier alpha value is -3.61. The van der Waals surface area contributed by atoms with Crippen LogP contribution in [0.4, 0.5) is 5.69 Å². The fraction of sp³-hybridized carbons (Fsp3) is 0.150. The highest BCUT2D eigenvalue weighted by Crippen LogP contribution is 2.20. The highest BCUT2D eigenvalue weighted by molar-refractivity contribution is 5.94. The summed E-state index contributed by atoms with van der Waals surface area (Å²) < 4.78 is 6.81. The fourth-order valence-corrected chi connectivity index (χ4v) is 3.15. The molecular formula is C20H18N4O3. The van der Waals surface area contributed by atoms with Gasteiger partial charge in [0.25, 0.3) is 0 Å². The molecule has 0 saturated carbocycles. The van der Waals surface area contributed by atoms with E-state index in [-0.39, 0.29) is 12.3 Å². The molecule has 2 heterocycles. The van der Waals surface area contributed by atoms with Crippen molar-refractivity contribution in [3.05, 3.63) is 76.0 Å². The summed E-state index contributed by atoms with van der Waals surface area (Å²) in [6, 6.07) is 14.8. The molecule has 7 heteroatoms. The molecule has 2 aromatic heterocycles. The third kappa shape index (κ3) is 3.27. The number of nitrogens with one attached hydrogen (secondary N) is 2. The van der Waals surface area contributed by atoms with Gasteiger partial charge >= 0.3 is 5.76 Å². The Bertz CT molecular complexity index is 1190. The standard InChI is InChI=1S/C20H18N4O3/c1-12-16(13(2)24(23-12)15-6-4-3-5-7-15)11-19(25)21-14-8-9-18-17(10-14)22-20(26)27-18/h3-10H,11H2,1-2H3,(H,21,25)(H,22,26). The number of aromatic nitrogens is 3. The highest BCUT2D eigenvalue weighted by atomic mass is 16.4. The van der Waals surface area contributed by atoms with Crippen molar-refractivity contribution in [2.45, 2.75) is 20.3 Å². The van der Waals surface area contributed by atoms with Crippen LogP contribution in [0.3, 0.4) is 0 Å². The van der Waals surface area contributed by atoms with Gasteiger partial charge in [-0.3, -0.25) is 9.78 Å². The number of para-hydroxylation sites is 1. The van der Waals surface area contributed by atoms with Crippen LogP contribution in [0.15, 0.2) is 57.7 Å². The molecule has 2 aromatic carbocycles. The molecule has 7 nitrogen and oxygen atoms in total. The van der Waals surface area contributed by atoms with E-state index in [1.165, 1.54) is 0 Å². The summed E-state index contributed by atoms with van der Waals surface area (Å²) in [5, 5.41) is 7.42. The number of amides is 1. The summed E-state index contributed by atoms with van der Waals surface area (Å²) in [6.07, 6.45) is 0.213. The molecule has 2 N–H and O–H groups in total. The number of hydrogen-bond acceptors (Lipinski definition) is 4. The van der Waals surface area contributed by atoms with Gasteiger partial charge in [0, 0.05) is 16.9 Å². The third-order valence-corrected chi connectivity index (χ3v) is 4.48. The van der Waals surface area contributed by atoms with E-state index in [1.807, 2.05) is 48.9 Å². The molecule has 0 aliphatic rings. The summed E-state index contributed by atoms with van der Waals surface area (Å²) in [5.41, 5.74) is 5.20. The van der Waals surface area contributed by atoms with E-state index in [0.29, 0.717) is 16.8 Å². The van der Waals surface area contributed by atoms with Crippen molar-refractivity contribution in [1.82, 2.24) is 14.8 Å². The largest absolute Gasteiger partial charge is 0.417 e. The van der Waals surface area contributed by atoms with Crippen LogP contribution in [0.25, 0.3) is 16.8 Å². The Morgan fingerprint density at radius 1 is 1.19 bits per heavy atom. The zero-order valence-corrected chi connectivity index (χ0v) is 14.9. The van der Waals surface area contributed by atoms with Crippen LogP contribution in [0.1, 0.15) is 17.0 Å². The van der Waals surface area contributed by atoms with Crippen LogP contribution in [-0.2, 0) is 11.2 Å². The van der Waals surface area contributed by atoms with E-state index in [0.717, 1.165) is 22.6 Å². The van der Waals surface area contributed by atoms with Crippen molar-refractivity contribution in [1.29, 1.82) is 0 Å². The third-order valence-electron chi connectivity index (χ3n) is 4.48. The maximum absolute atomic E-state index is 12.5. The molecule has 1 amide bonds. The number of carbonyl (C=O) groups excluding carboxylic acids is 1. The number of rotatable bonds is 4. The summed E-state index contributed by atoms with van der Waals surface area (Å²) >= 11 is 0. The predicted octanol–water partition coefficient (Wildman–Crippen LogP) is 3.10. The Morgan fingerprint density at radius 3 is 2.74 bits per heavy atom. The van der Waals surface area contributed by atoms with Crippen LogP contribution in [-0.4, -0.2) is 20.7 Å². The summed E-state index contributed by atoms with van der Waals surface area (Å²) in [7, 11) is 0. The summed E-state index contributed by atoms with van der Waals surface area (Å²) in [5.74, 6) is -0.674. The number of aryl methyl sites for hydroxylation is 1. The van der Waals surface area contributed by atoms with Gasteiger partial charge < -0.3 is 9.73 Å². The molecule has 0 aliphatic carbocycles. The molecule has 0 aliphatic heterocycles. The normalized spacial score (nSPS) is 11.0. The van der Waals surface area contributed by atoms with Gasteiger partial charge in [0.15, 0.2) is 5.58 Å². The quantitative estimate of drug-likeness (QED) is 0.583. The van der Waals surface area contributed by atoms with Gasteiger partial charge in [0.2, 0.25) is 5.91 Å². The van der Waals surface area contributed by atoms with Crippen molar-refractivity contribution in [3.8, 4) is 5.69 Å². The number of oxazole rings is 1. The second-order valence-corrected chi connectivity index (χ2v) is 6.35. The van der Waals surface area contributed by atoms with E-state index >= 15 is 0 Å². The molecule has 0 radical (unpaired) electrons. The smallest absolute Gasteiger partial charge is 0.408 e. The number of hydrogen-bond donors (Lipinski definition) is 2. The topological polar surface area (TPSA) is 92.9 Å². The first-order valence-electron chi connectivity index (χ1n) is 8.54. The van der Waals surface area contributed by atoms with Crippen LogP contribution < -0.4 is 11.1 Å². The van der Waals surface area contributed by atoms with Crippen molar-refractivity contribution in [2.24, 2.45) is 0 Å². The second kappa shape index (κ2) is 6.60. The number of aromatic amines is 1. The lowest BCUT2D eigenvalue weighted by atomic mass is 10.1. The van der Waals surface area contributed by atoms with Gasteiger partial charge in [0.05, 0.1) is 23.3 Å². The maximum Gasteiger partial charge on any atom is 0.417 e. The first-order valence-corrected chi connectivity index (χ1v) is 8.54. The number of anilines is 1. The minimum atomic E-state index is -0.520. The van der Waals surface area contributed by atoms with Gasteiger partial charge in [0.1, 0.15) is 0 Å². The molecule has 0 spiro atoms. The molecule has 4 rings (SSSR count). The zero-order valence-electron chi connectivity index (χ0n) is 14.9. The molecule has 0 fully saturated rings. The van der Waals surface area contributed by atoms with Gasteiger partial charge in [-0.2, -0.15) is 5.10 Å². The number of carbonyl (C=O) groups is 1. The number of fused-ring (bicyclic) bond motifs is 1. The highest BCUT2D eigenvalue weighted by Gasteiger charge is 2.16. The number of nitrogens with zero attached hydrogens (tertiary/aromatic N) is 2. The first-order chi connectivity index (χ1) is 13.0. The van der Waals surface area contributed by atoms with Gasteiger partial charge in [-0.05, 0) is 44.2 Å². The lowest BCUT2D eigenvalue weighted by molar-refractivity contribution is -0.115. The Kier molecular flexibility index (Phi) is 4.12. The van der Waals surface area contributed by atoms with E-state index in [1.54, 1.807) is 18.2 Å². The second-order valence-electron chi connectivity index (χ2n) is 6.35. The Labute approximate surface area is 154 Å². The summed E-state index contributed by atoms with van der Waals surface area (Å²) in [6.45, 7) is 3.86. The monoisotopic (exact) mass is 362 g/mol. The molecule has 4 aromatic rings. The van der Waals surface area contributed by atoms with Crippen LogP contribution in [0.2, 0.25) is 0 Å². The lowest BCUT2D eigenvalue weighted by Gasteiger charge is -2.07. The van der Waals surface area contributed by atoms with Crippen LogP contribution >= 0.6 is 0 Å². The first kappa shape index (κ1) is 16.8. The van der Waals surface area contributed by atoms with E-state index in [4.69, 9.17) is 4.42 Å². The molecule has 0 unspecified atom stereocenters. The van der Waals surface area contributed by atoms with Crippen molar-refractivity contribution in [3.63, 3.8) is 0 Å². The average molecular weight is 362 g/mol. The van der Waals surface area contributed by atoms with Crippen molar-refractivity contribution >= 4 is 22.7 Å². The average Bonchev–Trinajstić information content (AvgIpc) is 3.15. The van der Waals surface area contributed by atoms with Crippen LogP contribution in [0, 0.1) is 13.8 Å². The van der Waals surface area contributed by atoms with E-state index in [9.17, 15) is 9.59 Å². The predicted molar refractivity (Wildman–Crippen MR) is 102 cm³/mol. The fourth-order valence-electron chi connectivity index (χ4n) is 3.15. The Balaban J connectivity index is 1.55. The Morgan fingerprint density at radius 2 is 1.96 bits per heavy atom. The number of benzene rings is 2. The van der Waals surface area contributed by atoms with E-state index in [2.05, 4.69) is 15.4 Å². The molecular weight excluding hydrogens is 344 g/mol. The van der Waals surface area contributed by atoms with Gasteiger partial charge in [-0.1, -0.05) is 18.2 Å². The maximum atomic E-state index is 12.5. The van der Waals surface area contributed by atoms with Crippen molar-refractivity contribution < 1.29 is 9.21 Å². The summed E-state index contributed by atoms with van der Waals surface area (Å²) in [4.78, 5) is 26.3. The minimum absolute atomic E-state index is 0.154. The lowest BCUT2D eigenvalue weighted by Crippen LogP contribution is -2.15. The zero-order chi connectivity index (χ0) is 19.0. The van der Waals surface area contributed by atoms with Gasteiger partial charge in [-0.25, -0.2) is 9.48 Å². The molecule has 0 bridgehead atoms. The molecule has 27 heavy (non-hydrogen) atoms. The molecule has 0 saturated heterocycles. The molecule has 0 atom stereocenters. The van der Waals surface area contributed by atoms with E-state index < -0.39 is 5.76 Å². The van der Waals surface area contributed by atoms with Crippen LogP contribution in [0.5, 0.6) is 0 Å². The SMILES string of the molecule is Cc1nn(-c2ccccc2)c(C)c1CC(=O)Nc1ccc2oc(=O)[nH]c2c1. The van der Waals surface area contributed by atoms with Gasteiger partial charge in [-0.15, -0.1) is 0 Å². The number of H-pyrrole nitrogens is 1. The molecule has 136 valence electrons. The minimum Gasteiger partial charge on any atom is -0.408 e. The van der Waals surface area contributed by atoms with Crippen molar-refractivity contribution in [2.75, 3.05) is 5.32 Å².